The minimum absolute atomic E-state index is 0.311. The van der Waals surface area contributed by atoms with Crippen molar-refractivity contribution in [2.24, 2.45) is 5.41 Å². The van der Waals surface area contributed by atoms with Crippen molar-refractivity contribution in [3.05, 3.63) is 0 Å². The van der Waals surface area contributed by atoms with Gasteiger partial charge in [0.25, 0.3) is 0 Å². The Hall–Kier alpha value is -0.810. The zero-order valence-electron chi connectivity index (χ0n) is 7.71. The monoisotopic (exact) mass is 188 g/mol. The molecule has 1 aliphatic rings. The van der Waals surface area contributed by atoms with Gasteiger partial charge in [0.2, 0.25) is 0 Å². The van der Waals surface area contributed by atoms with E-state index in [0.29, 0.717) is 13.1 Å². The summed E-state index contributed by atoms with van der Waals surface area (Å²) in [6.07, 6.45) is -0.728. The zero-order chi connectivity index (χ0) is 9.90. The minimum atomic E-state index is -1.04. The van der Waals surface area contributed by atoms with E-state index in [-0.39, 0.29) is 5.41 Å². The smallest absolute Gasteiger partial charge is 0.404 e. The van der Waals surface area contributed by atoms with Crippen molar-refractivity contribution in [1.82, 2.24) is 10.6 Å². The fourth-order valence-corrected chi connectivity index (χ4v) is 1.51. The van der Waals surface area contributed by atoms with Gasteiger partial charge in [-0.05, 0) is 13.0 Å². The molecule has 0 aliphatic carbocycles. The third-order valence-electron chi connectivity index (χ3n) is 2.66. The van der Waals surface area contributed by atoms with Crippen molar-refractivity contribution in [2.75, 3.05) is 19.6 Å². The molecule has 0 unspecified atom stereocenters. The normalized spacial score (nSPS) is 34.2. The van der Waals surface area contributed by atoms with Gasteiger partial charge in [-0.15, -0.1) is 0 Å². The fourth-order valence-electron chi connectivity index (χ4n) is 1.51. The molecule has 76 valence electrons. The molecule has 0 bridgehead atoms. The van der Waals surface area contributed by atoms with Crippen LogP contribution in [-0.2, 0) is 0 Å². The first-order valence-electron chi connectivity index (χ1n) is 4.40. The van der Waals surface area contributed by atoms with Gasteiger partial charge in [0.1, 0.15) is 0 Å². The number of carboxylic acid groups (broad SMARTS) is 1. The highest BCUT2D eigenvalue weighted by Crippen LogP contribution is 2.27. The fraction of sp³-hybridized carbons (Fsp3) is 0.875. The topological polar surface area (TPSA) is 81.6 Å². The number of β-amino-alcohol motifs (C(OH)–C–C–N with tert-alkyl or cyclic N) is 1. The second-order valence-corrected chi connectivity index (χ2v) is 3.78. The van der Waals surface area contributed by atoms with Crippen molar-refractivity contribution < 1.29 is 15.0 Å². The van der Waals surface area contributed by atoms with Crippen molar-refractivity contribution in [1.29, 1.82) is 0 Å². The van der Waals surface area contributed by atoms with Crippen LogP contribution < -0.4 is 10.6 Å². The highest BCUT2D eigenvalue weighted by atomic mass is 16.4. The summed E-state index contributed by atoms with van der Waals surface area (Å²) in [5.41, 5.74) is -0.330. The first-order valence-corrected chi connectivity index (χ1v) is 4.40. The molecule has 0 saturated carbocycles. The summed E-state index contributed by atoms with van der Waals surface area (Å²) in [6.45, 7) is 3.58. The molecule has 0 aromatic carbocycles. The second kappa shape index (κ2) is 3.93. The van der Waals surface area contributed by atoms with E-state index < -0.39 is 12.2 Å². The van der Waals surface area contributed by atoms with Crippen LogP contribution in [0.15, 0.2) is 0 Å². The molecule has 1 amide bonds. The molecule has 0 aromatic rings. The average molecular weight is 188 g/mol. The lowest BCUT2D eigenvalue weighted by atomic mass is 9.78. The van der Waals surface area contributed by atoms with Gasteiger partial charge in [-0.3, -0.25) is 0 Å². The van der Waals surface area contributed by atoms with Crippen LogP contribution >= 0.6 is 0 Å². The van der Waals surface area contributed by atoms with E-state index >= 15 is 0 Å². The van der Waals surface area contributed by atoms with Gasteiger partial charge in [-0.25, -0.2) is 4.79 Å². The number of piperidine rings is 1. The number of aliphatic hydroxyl groups excluding tert-OH is 1. The molecule has 13 heavy (non-hydrogen) atoms. The summed E-state index contributed by atoms with van der Waals surface area (Å²) >= 11 is 0. The Balaban J connectivity index is 2.46. The molecular formula is C8H16N2O3. The predicted octanol–water partition coefficient (Wildman–Crippen LogP) is -0.385. The van der Waals surface area contributed by atoms with Crippen LogP contribution in [0.3, 0.4) is 0 Å². The van der Waals surface area contributed by atoms with Crippen molar-refractivity contribution in [3.8, 4) is 0 Å². The largest absolute Gasteiger partial charge is 0.465 e. The summed E-state index contributed by atoms with van der Waals surface area (Å²) in [5, 5.41) is 23.4. The Kier molecular flexibility index (Phi) is 3.11. The number of nitrogens with one attached hydrogen (secondary N) is 2. The maximum Gasteiger partial charge on any atom is 0.404 e. The number of amides is 1. The van der Waals surface area contributed by atoms with E-state index in [1.165, 1.54) is 0 Å². The SMILES string of the molecule is C[C@]1(CNC(=O)O)CCNC[C@@H]1O. The molecule has 1 heterocycles. The molecule has 1 aliphatic heterocycles. The summed E-state index contributed by atoms with van der Waals surface area (Å²) in [4.78, 5) is 10.3. The number of aliphatic hydroxyl groups is 1. The van der Waals surface area contributed by atoms with E-state index in [9.17, 15) is 9.90 Å². The Morgan fingerprint density at radius 1 is 1.77 bits per heavy atom. The molecule has 1 saturated heterocycles. The summed E-state index contributed by atoms with van der Waals surface area (Å²) in [7, 11) is 0. The molecule has 5 heteroatoms. The predicted molar refractivity (Wildman–Crippen MR) is 47.6 cm³/mol. The van der Waals surface area contributed by atoms with Crippen molar-refractivity contribution in [2.45, 2.75) is 19.4 Å². The highest BCUT2D eigenvalue weighted by molar-refractivity contribution is 5.64. The maximum atomic E-state index is 10.3. The van der Waals surface area contributed by atoms with Gasteiger partial charge in [0.15, 0.2) is 0 Å². The lowest BCUT2D eigenvalue weighted by Gasteiger charge is -2.38. The third kappa shape index (κ3) is 2.57. The van der Waals surface area contributed by atoms with Crippen molar-refractivity contribution in [3.63, 3.8) is 0 Å². The first-order chi connectivity index (χ1) is 6.04. The van der Waals surface area contributed by atoms with Crippen LogP contribution in [0.25, 0.3) is 0 Å². The lowest BCUT2D eigenvalue weighted by Crippen LogP contribution is -2.52. The van der Waals surface area contributed by atoms with Crippen LogP contribution in [0, 0.1) is 5.41 Å². The van der Waals surface area contributed by atoms with E-state index in [2.05, 4.69) is 10.6 Å². The molecule has 2 atom stereocenters. The molecule has 0 aromatic heterocycles. The van der Waals surface area contributed by atoms with E-state index in [4.69, 9.17) is 5.11 Å². The van der Waals surface area contributed by atoms with E-state index in [1.807, 2.05) is 6.92 Å². The van der Waals surface area contributed by atoms with Gasteiger partial charge in [0, 0.05) is 18.5 Å². The highest BCUT2D eigenvalue weighted by Gasteiger charge is 2.35. The van der Waals surface area contributed by atoms with Crippen LogP contribution in [0.2, 0.25) is 0 Å². The van der Waals surface area contributed by atoms with Gasteiger partial charge in [-0.1, -0.05) is 6.92 Å². The second-order valence-electron chi connectivity index (χ2n) is 3.78. The van der Waals surface area contributed by atoms with Crippen LogP contribution in [-0.4, -0.2) is 42.0 Å². The Labute approximate surface area is 77.1 Å². The van der Waals surface area contributed by atoms with E-state index in [1.54, 1.807) is 0 Å². The molecule has 5 nitrogen and oxygen atoms in total. The van der Waals surface area contributed by atoms with Gasteiger partial charge in [0.05, 0.1) is 6.10 Å². The van der Waals surface area contributed by atoms with E-state index in [0.717, 1.165) is 13.0 Å². The third-order valence-corrected chi connectivity index (χ3v) is 2.66. The minimum Gasteiger partial charge on any atom is -0.465 e. The number of hydrogen-bond acceptors (Lipinski definition) is 3. The zero-order valence-corrected chi connectivity index (χ0v) is 7.71. The Morgan fingerprint density at radius 3 is 3.00 bits per heavy atom. The number of carbonyl (C=O) groups is 1. The summed E-state index contributed by atoms with van der Waals surface area (Å²) < 4.78 is 0. The van der Waals surface area contributed by atoms with Gasteiger partial charge in [-0.2, -0.15) is 0 Å². The molecular weight excluding hydrogens is 172 g/mol. The lowest BCUT2D eigenvalue weighted by molar-refractivity contribution is 0.0131. The van der Waals surface area contributed by atoms with Crippen LogP contribution in [0.4, 0.5) is 4.79 Å². The van der Waals surface area contributed by atoms with Gasteiger partial charge < -0.3 is 20.8 Å². The van der Waals surface area contributed by atoms with Crippen LogP contribution in [0.1, 0.15) is 13.3 Å². The first kappa shape index (κ1) is 10.3. The molecule has 0 spiro atoms. The Morgan fingerprint density at radius 2 is 2.46 bits per heavy atom. The number of hydrogen-bond donors (Lipinski definition) is 4. The molecule has 1 fully saturated rings. The summed E-state index contributed by atoms with van der Waals surface area (Å²) in [6, 6.07) is 0. The van der Waals surface area contributed by atoms with Crippen molar-refractivity contribution >= 4 is 6.09 Å². The number of rotatable bonds is 2. The quantitative estimate of drug-likeness (QED) is 0.476. The average Bonchev–Trinajstić information content (AvgIpc) is 2.07. The standard InChI is InChI=1S/C8H16N2O3/c1-8(5-10-7(12)13)2-3-9-4-6(8)11/h6,9-11H,2-5H2,1H3,(H,12,13)/t6-,8+/m0/s1. The van der Waals surface area contributed by atoms with Crippen LogP contribution in [0.5, 0.6) is 0 Å². The molecule has 0 radical (unpaired) electrons. The molecule has 4 N–H and O–H groups in total. The Bertz CT molecular complexity index is 198. The summed E-state index contributed by atoms with van der Waals surface area (Å²) in [5.74, 6) is 0. The van der Waals surface area contributed by atoms with Gasteiger partial charge >= 0.3 is 6.09 Å². The maximum absolute atomic E-state index is 10.3. The molecule has 1 rings (SSSR count).